The van der Waals surface area contributed by atoms with Gasteiger partial charge in [-0.15, -0.1) is 0 Å². The average Bonchev–Trinajstić information content (AvgIpc) is 3.47. The van der Waals surface area contributed by atoms with Gasteiger partial charge >= 0.3 is 5.97 Å². The van der Waals surface area contributed by atoms with Crippen LogP contribution in [0.2, 0.25) is 0 Å². The molecule has 3 N–H and O–H groups in total. The molecule has 1 aliphatic rings. The first-order valence-electron chi connectivity index (χ1n) is 12.0. The Morgan fingerprint density at radius 2 is 1.69 bits per heavy atom. The second-order valence-electron chi connectivity index (χ2n) is 9.11. The van der Waals surface area contributed by atoms with Crippen LogP contribution in [-0.2, 0) is 22.4 Å². The summed E-state index contributed by atoms with van der Waals surface area (Å²) in [5.41, 5.74) is 3.90. The van der Waals surface area contributed by atoms with Gasteiger partial charge in [-0.25, -0.2) is 0 Å². The van der Waals surface area contributed by atoms with Crippen LogP contribution in [0.15, 0.2) is 84.9 Å². The van der Waals surface area contributed by atoms with E-state index in [1.807, 2.05) is 78.9 Å². The predicted octanol–water partition coefficient (Wildman–Crippen LogP) is 4.33. The first-order valence-corrected chi connectivity index (χ1v) is 12.0. The molecular formula is C29H27N3O4. The molecule has 7 nitrogen and oxygen atoms in total. The van der Waals surface area contributed by atoms with Crippen molar-refractivity contribution in [3.8, 4) is 0 Å². The lowest BCUT2D eigenvalue weighted by Gasteiger charge is -2.29. The van der Waals surface area contributed by atoms with E-state index < -0.39 is 18.1 Å². The first-order chi connectivity index (χ1) is 17.5. The van der Waals surface area contributed by atoms with E-state index in [0.29, 0.717) is 30.6 Å². The van der Waals surface area contributed by atoms with Gasteiger partial charge in [-0.2, -0.15) is 0 Å². The van der Waals surface area contributed by atoms with Gasteiger partial charge in [0.1, 0.15) is 11.7 Å². The molecule has 1 aliphatic heterocycles. The number of carboxylic acids is 1. The summed E-state index contributed by atoms with van der Waals surface area (Å²) in [5, 5.41) is 13.3. The molecule has 0 fully saturated rings. The number of rotatable bonds is 8. The van der Waals surface area contributed by atoms with Gasteiger partial charge in [-0.3, -0.25) is 14.4 Å². The number of benzene rings is 3. The van der Waals surface area contributed by atoms with Crippen molar-refractivity contribution in [3.05, 3.63) is 102 Å². The largest absolute Gasteiger partial charge is 0.481 e. The Bertz CT molecular complexity index is 1380. The van der Waals surface area contributed by atoms with E-state index in [4.69, 9.17) is 0 Å². The quantitative estimate of drug-likeness (QED) is 0.349. The normalized spacial score (nSPS) is 15.4. The number of nitrogens with zero attached hydrogens (tertiary/aromatic N) is 1. The Hall–Kier alpha value is -4.39. The molecule has 4 aromatic rings. The van der Waals surface area contributed by atoms with Gasteiger partial charge in [0.2, 0.25) is 5.91 Å². The Morgan fingerprint density at radius 3 is 2.47 bits per heavy atom. The molecule has 0 spiro atoms. The number of amides is 2. The first kappa shape index (κ1) is 23.4. The topological polar surface area (TPSA) is 102 Å². The maximum atomic E-state index is 14.0. The smallest absolute Gasteiger partial charge is 0.305 e. The van der Waals surface area contributed by atoms with E-state index in [1.54, 1.807) is 11.0 Å². The molecule has 5 rings (SSSR count). The molecular weight excluding hydrogens is 454 g/mol. The highest BCUT2D eigenvalue weighted by Crippen LogP contribution is 2.34. The number of carbonyl (C=O) groups is 3. The summed E-state index contributed by atoms with van der Waals surface area (Å²) in [6.45, 7) is 0. The van der Waals surface area contributed by atoms with Crippen LogP contribution in [0.4, 0.5) is 5.69 Å². The van der Waals surface area contributed by atoms with Crippen LogP contribution in [0.25, 0.3) is 10.9 Å². The SMILES string of the molecule is O=C(O)C[C@H]1Cc2ccccc2N1C(=O)[C@H](CCc1ccccc1)NC(=O)c1cc2ccccc2[nH]1. The summed E-state index contributed by atoms with van der Waals surface area (Å²) >= 11 is 0. The monoisotopic (exact) mass is 481 g/mol. The molecule has 7 heteroatoms. The molecule has 2 atom stereocenters. The van der Waals surface area contributed by atoms with Crippen LogP contribution in [0, 0.1) is 0 Å². The van der Waals surface area contributed by atoms with E-state index in [9.17, 15) is 19.5 Å². The van der Waals surface area contributed by atoms with Crippen molar-refractivity contribution < 1.29 is 19.5 Å². The van der Waals surface area contributed by atoms with Gasteiger partial charge in [0.05, 0.1) is 12.5 Å². The number of aryl methyl sites for hydroxylation is 1. The fourth-order valence-corrected chi connectivity index (χ4v) is 4.94. The second-order valence-corrected chi connectivity index (χ2v) is 9.11. The number of para-hydroxylation sites is 2. The van der Waals surface area contributed by atoms with Crippen molar-refractivity contribution in [1.29, 1.82) is 0 Å². The Balaban J connectivity index is 1.44. The van der Waals surface area contributed by atoms with E-state index in [1.165, 1.54) is 0 Å². The predicted molar refractivity (Wildman–Crippen MR) is 138 cm³/mol. The summed E-state index contributed by atoms with van der Waals surface area (Å²) in [7, 11) is 0. The zero-order chi connectivity index (χ0) is 25.1. The third-order valence-electron chi connectivity index (χ3n) is 6.66. The summed E-state index contributed by atoms with van der Waals surface area (Å²) in [6.07, 6.45) is 1.27. The maximum Gasteiger partial charge on any atom is 0.305 e. The lowest BCUT2D eigenvalue weighted by atomic mass is 10.0. The van der Waals surface area contributed by atoms with Gasteiger partial charge in [0.25, 0.3) is 5.91 Å². The fraction of sp³-hybridized carbons (Fsp3) is 0.207. The lowest BCUT2D eigenvalue weighted by molar-refractivity contribution is -0.137. The number of aromatic amines is 1. The number of hydrogen-bond acceptors (Lipinski definition) is 3. The summed E-state index contributed by atoms with van der Waals surface area (Å²) in [4.78, 5) is 43.5. The molecule has 2 amide bonds. The summed E-state index contributed by atoms with van der Waals surface area (Å²) < 4.78 is 0. The minimum absolute atomic E-state index is 0.165. The number of aromatic nitrogens is 1. The van der Waals surface area contributed by atoms with Crippen molar-refractivity contribution >= 4 is 34.4 Å². The third kappa shape index (κ3) is 4.86. The van der Waals surface area contributed by atoms with Crippen molar-refractivity contribution in [3.63, 3.8) is 0 Å². The number of carboxylic acid groups (broad SMARTS) is 1. The van der Waals surface area contributed by atoms with Crippen molar-refractivity contribution in [2.45, 2.75) is 37.8 Å². The molecule has 1 aromatic heterocycles. The molecule has 0 radical (unpaired) electrons. The van der Waals surface area contributed by atoms with E-state index in [-0.39, 0.29) is 18.2 Å². The minimum atomic E-state index is -0.964. The van der Waals surface area contributed by atoms with Crippen LogP contribution in [0.1, 0.15) is 34.5 Å². The second kappa shape index (κ2) is 10.1. The number of fused-ring (bicyclic) bond motifs is 2. The maximum absolute atomic E-state index is 14.0. The zero-order valence-electron chi connectivity index (χ0n) is 19.7. The fourth-order valence-electron chi connectivity index (χ4n) is 4.94. The average molecular weight is 482 g/mol. The van der Waals surface area contributed by atoms with Gasteiger partial charge in [-0.1, -0.05) is 66.7 Å². The molecule has 0 saturated heterocycles. The number of carbonyl (C=O) groups excluding carboxylic acids is 2. The highest BCUT2D eigenvalue weighted by Gasteiger charge is 2.38. The minimum Gasteiger partial charge on any atom is -0.481 e. The molecule has 3 aromatic carbocycles. The number of H-pyrrole nitrogens is 1. The number of nitrogens with one attached hydrogen (secondary N) is 2. The molecule has 0 bridgehead atoms. The van der Waals surface area contributed by atoms with E-state index in [2.05, 4.69) is 10.3 Å². The van der Waals surface area contributed by atoms with Gasteiger partial charge in [0.15, 0.2) is 0 Å². The molecule has 0 saturated carbocycles. The zero-order valence-corrected chi connectivity index (χ0v) is 19.7. The molecule has 0 unspecified atom stereocenters. The van der Waals surface area contributed by atoms with E-state index >= 15 is 0 Å². The molecule has 36 heavy (non-hydrogen) atoms. The number of hydrogen-bond donors (Lipinski definition) is 3. The third-order valence-corrected chi connectivity index (χ3v) is 6.66. The summed E-state index contributed by atoms with van der Waals surface area (Å²) in [6, 6.07) is 25.3. The standard InChI is InChI=1S/C29H27N3O4/c33-27(34)18-22-16-21-11-5-7-13-26(21)32(22)29(36)24(15-14-19-8-2-1-3-9-19)31-28(35)25-17-20-10-4-6-12-23(20)30-25/h1-13,17,22,24,30H,14-16,18H2,(H,31,35)(H,33,34)/t22-,24+/m1/s1. The van der Waals surface area contributed by atoms with Crippen LogP contribution >= 0.6 is 0 Å². The lowest BCUT2D eigenvalue weighted by Crippen LogP contribution is -2.51. The molecule has 182 valence electrons. The highest BCUT2D eigenvalue weighted by molar-refractivity contribution is 6.04. The van der Waals surface area contributed by atoms with Crippen LogP contribution in [0.5, 0.6) is 0 Å². The van der Waals surface area contributed by atoms with Gasteiger partial charge in [0, 0.05) is 16.6 Å². The van der Waals surface area contributed by atoms with Crippen molar-refractivity contribution in [1.82, 2.24) is 10.3 Å². The van der Waals surface area contributed by atoms with Crippen LogP contribution in [0.3, 0.4) is 0 Å². The summed E-state index contributed by atoms with van der Waals surface area (Å²) in [5.74, 6) is -1.64. The molecule has 2 heterocycles. The van der Waals surface area contributed by atoms with Crippen molar-refractivity contribution in [2.75, 3.05) is 4.90 Å². The molecule has 0 aliphatic carbocycles. The Labute approximate surface area is 208 Å². The van der Waals surface area contributed by atoms with Gasteiger partial charge in [-0.05, 0) is 48.6 Å². The van der Waals surface area contributed by atoms with Crippen LogP contribution < -0.4 is 10.2 Å². The Morgan fingerprint density at radius 1 is 0.972 bits per heavy atom. The Kier molecular flexibility index (Phi) is 6.54. The van der Waals surface area contributed by atoms with E-state index in [0.717, 1.165) is 22.0 Å². The van der Waals surface area contributed by atoms with Gasteiger partial charge < -0.3 is 20.3 Å². The number of aliphatic carboxylic acids is 1. The van der Waals surface area contributed by atoms with Crippen molar-refractivity contribution in [2.24, 2.45) is 0 Å². The van der Waals surface area contributed by atoms with Crippen LogP contribution in [-0.4, -0.2) is 40.0 Å². The number of anilines is 1. The highest BCUT2D eigenvalue weighted by atomic mass is 16.4.